The molecule has 0 spiro atoms. The molecule has 0 bridgehead atoms. The molecule has 0 aliphatic rings. The minimum atomic E-state index is -4.38. The number of halogens is 4. The van der Waals surface area contributed by atoms with Crippen molar-refractivity contribution in [3.05, 3.63) is 26.3 Å². The van der Waals surface area contributed by atoms with Crippen LogP contribution in [0.2, 0.25) is 0 Å². The smallest absolute Gasteiger partial charge is 0.364 e. The molecule has 0 unspecified atom stereocenters. The van der Waals surface area contributed by atoms with Gasteiger partial charge in [0.25, 0.3) is 5.56 Å². The molecule has 0 saturated heterocycles. The van der Waals surface area contributed by atoms with Crippen molar-refractivity contribution in [3.8, 4) is 0 Å². The van der Waals surface area contributed by atoms with Crippen molar-refractivity contribution in [1.29, 1.82) is 0 Å². The SMILES string of the molecule is Cc1nc(COCC(F)(F)F)[nH]c(=O)c1Br. The molecule has 90 valence electrons. The summed E-state index contributed by atoms with van der Waals surface area (Å²) < 4.78 is 39.9. The van der Waals surface area contributed by atoms with Crippen LogP contribution in [0.25, 0.3) is 0 Å². The lowest BCUT2D eigenvalue weighted by Crippen LogP contribution is -2.19. The molecule has 1 N–H and O–H groups in total. The van der Waals surface area contributed by atoms with E-state index in [-0.39, 0.29) is 16.9 Å². The normalized spacial score (nSPS) is 11.8. The molecule has 0 aliphatic carbocycles. The van der Waals surface area contributed by atoms with Crippen LogP contribution in [0.4, 0.5) is 13.2 Å². The fraction of sp³-hybridized carbons (Fsp3) is 0.500. The number of aromatic amines is 1. The Labute approximate surface area is 97.0 Å². The van der Waals surface area contributed by atoms with Gasteiger partial charge in [-0.15, -0.1) is 0 Å². The summed E-state index contributed by atoms with van der Waals surface area (Å²) in [7, 11) is 0. The van der Waals surface area contributed by atoms with Crippen LogP contribution in [0.15, 0.2) is 9.27 Å². The van der Waals surface area contributed by atoms with Crippen molar-refractivity contribution >= 4 is 15.9 Å². The Bertz CT molecular complexity index is 430. The average Bonchev–Trinajstić information content (AvgIpc) is 2.12. The Morgan fingerprint density at radius 3 is 2.62 bits per heavy atom. The second-order valence-electron chi connectivity index (χ2n) is 3.02. The summed E-state index contributed by atoms with van der Waals surface area (Å²) in [6.07, 6.45) is -4.38. The van der Waals surface area contributed by atoms with Gasteiger partial charge in [-0.05, 0) is 22.9 Å². The van der Waals surface area contributed by atoms with E-state index in [1.54, 1.807) is 6.92 Å². The summed E-state index contributed by atoms with van der Waals surface area (Å²) in [5.74, 6) is 0.0648. The van der Waals surface area contributed by atoms with Gasteiger partial charge in [-0.2, -0.15) is 13.2 Å². The van der Waals surface area contributed by atoms with E-state index in [1.807, 2.05) is 0 Å². The molecule has 1 heterocycles. The fourth-order valence-corrected chi connectivity index (χ4v) is 1.15. The monoisotopic (exact) mass is 300 g/mol. The Kier molecular flexibility index (Phi) is 4.09. The minimum absolute atomic E-state index is 0.0648. The van der Waals surface area contributed by atoms with E-state index in [0.717, 1.165) is 0 Å². The molecule has 0 radical (unpaired) electrons. The molecule has 0 amide bonds. The van der Waals surface area contributed by atoms with E-state index in [0.29, 0.717) is 5.69 Å². The summed E-state index contributed by atoms with van der Waals surface area (Å²) in [6, 6.07) is 0. The average molecular weight is 301 g/mol. The van der Waals surface area contributed by atoms with Crippen molar-refractivity contribution in [1.82, 2.24) is 9.97 Å². The molecule has 16 heavy (non-hydrogen) atoms. The highest BCUT2D eigenvalue weighted by Gasteiger charge is 2.27. The van der Waals surface area contributed by atoms with E-state index in [4.69, 9.17) is 0 Å². The number of alkyl halides is 3. The predicted octanol–water partition coefficient (Wildman–Crippen LogP) is 1.92. The van der Waals surface area contributed by atoms with E-state index in [9.17, 15) is 18.0 Å². The van der Waals surface area contributed by atoms with Crippen molar-refractivity contribution in [3.63, 3.8) is 0 Å². The van der Waals surface area contributed by atoms with Gasteiger partial charge >= 0.3 is 6.18 Å². The third-order valence-electron chi connectivity index (χ3n) is 1.58. The van der Waals surface area contributed by atoms with E-state index in [2.05, 4.69) is 30.6 Å². The van der Waals surface area contributed by atoms with E-state index >= 15 is 0 Å². The number of hydrogen-bond donors (Lipinski definition) is 1. The van der Waals surface area contributed by atoms with Crippen molar-refractivity contribution < 1.29 is 17.9 Å². The van der Waals surface area contributed by atoms with Crippen LogP contribution in [-0.4, -0.2) is 22.8 Å². The standard InChI is InChI=1S/C8H8BrF3N2O2/c1-4-6(9)7(15)14-5(13-4)2-16-3-8(10,11)12/h2-3H2,1H3,(H,13,14,15). The Morgan fingerprint density at radius 1 is 1.50 bits per heavy atom. The third kappa shape index (κ3) is 3.93. The maximum atomic E-state index is 11.8. The third-order valence-corrected chi connectivity index (χ3v) is 2.52. The van der Waals surface area contributed by atoms with Gasteiger partial charge in [0.15, 0.2) is 0 Å². The number of aryl methyl sites for hydroxylation is 1. The van der Waals surface area contributed by atoms with Crippen LogP contribution in [0, 0.1) is 6.92 Å². The molecule has 8 heteroatoms. The molecule has 0 atom stereocenters. The van der Waals surface area contributed by atoms with Gasteiger partial charge in [0.05, 0.1) is 5.69 Å². The zero-order chi connectivity index (χ0) is 12.3. The quantitative estimate of drug-likeness (QED) is 0.928. The summed E-state index contributed by atoms with van der Waals surface area (Å²) in [5.41, 5.74) is -0.0486. The summed E-state index contributed by atoms with van der Waals surface area (Å²) in [4.78, 5) is 17.4. The molecule has 0 aromatic carbocycles. The number of rotatable bonds is 3. The molecular formula is C8H8BrF3N2O2. The number of nitrogens with one attached hydrogen (secondary N) is 1. The van der Waals surface area contributed by atoms with Crippen LogP contribution >= 0.6 is 15.9 Å². The fourth-order valence-electron chi connectivity index (χ4n) is 0.961. The molecular weight excluding hydrogens is 293 g/mol. The van der Waals surface area contributed by atoms with Crippen molar-refractivity contribution in [2.45, 2.75) is 19.7 Å². The van der Waals surface area contributed by atoms with Crippen LogP contribution in [-0.2, 0) is 11.3 Å². The summed E-state index contributed by atoms with van der Waals surface area (Å²) >= 11 is 2.99. The molecule has 0 aliphatic heterocycles. The number of H-pyrrole nitrogens is 1. The van der Waals surface area contributed by atoms with Gasteiger partial charge in [0.1, 0.15) is 23.5 Å². The van der Waals surface area contributed by atoms with Crippen LogP contribution < -0.4 is 5.56 Å². The lowest BCUT2D eigenvalue weighted by atomic mass is 10.4. The number of aromatic nitrogens is 2. The predicted molar refractivity (Wildman–Crippen MR) is 53.0 cm³/mol. The lowest BCUT2D eigenvalue weighted by molar-refractivity contribution is -0.177. The van der Waals surface area contributed by atoms with Gasteiger partial charge < -0.3 is 9.72 Å². The highest BCUT2D eigenvalue weighted by atomic mass is 79.9. The van der Waals surface area contributed by atoms with Gasteiger partial charge in [0.2, 0.25) is 0 Å². The molecule has 1 rings (SSSR count). The van der Waals surface area contributed by atoms with Crippen molar-refractivity contribution in [2.75, 3.05) is 6.61 Å². The van der Waals surface area contributed by atoms with Crippen molar-refractivity contribution in [2.24, 2.45) is 0 Å². The zero-order valence-electron chi connectivity index (χ0n) is 8.19. The largest absolute Gasteiger partial charge is 0.411 e. The first-order valence-electron chi connectivity index (χ1n) is 4.19. The Hall–Kier alpha value is -0.890. The van der Waals surface area contributed by atoms with Crippen LogP contribution in [0.5, 0.6) is 0 Å². The number of nitrogens with zero attached hydrogens (tertiary/aromatic N) is 1. The highest BCUT2D eigenvalue weighted by molar-refractivity contribution is 9.10. The van der Waals surface area contributed by atoms with Gasteiger partial charge in [-0.3, -0.25) is 4.79 Å². The Balaban J connectivity index is 2.66. The topological polar surface area (TPSA) is 55.0 Å². The number of hydrogen-bond acceptors (Lipinski definition) is 3. The molecule has 1 aromatic heterocycles. The first-order valence-corrected chi connectivity index (χ1v) is 4.98. The van der Waals surface area contributed by atoms with Gasteiger partial charge in [0, 0.05) is 0 Å². The van der Waals surface area contributed by atoms with E-state index in [1.165, 1.54) is 0 Å². The summed E-state index contributed by atoms with van der Waals surface area (Å²) in [6.45, 7) is -0.193. The van der Waals surface area contributed by atoms with Crippen LogP contribution in [0.3, 0.4) is 0 Å². The maximum Gasteiger partial charge on any atom is 0.411 e. The number of ether oxygens (including phenoxy) is 1. The van der Waals surface area contributed by atoms with E-state index < -0.39 is 18.3 Å². The Morgan fingerprint density at radius 2 is 2.12 bits per heavy atom. The minimum Gasteiger partial charge on any atom is -0.364 e. The summed E-state index contributed by atoms with van der Waals surface area (Å²) in [5, 5.41) is 0. The molecule has 4 nitrogen and oxygen atoms in total. The molecule has 1 aromatic rings. The maximum absolute atomic E-state index is 11.8. The molecule has 0 fully saturated rings. The van der Waals surface area contributed by atoms with Crippen LogP contribution in [0.1, 0.15) is 11.5 Å². The first kappa shape index (κ1) is 13.2. The lowest BCUT2D eigenvalue weighted by Gasteiger charge is -2.07. The zero-order valence-corrected chi connectivity index (χ0v) is 9.78. The highest BCUT2D eigenvalue weighted by Crippen LogP contribution is 2.15. The second-order valence-corrected chi connectivity index (χ2v) is 3.81. The van der Waals surface area contributed by atoms with Gasteiger partial charge in [-0.25, -0.2) is 4.98 Å². The first-order chi connectivity index (χ1) is 7.29. The van der Waals surface area contributed by atoms with Gasteiger partial charge in [-0.1, -0.05) is 0 Å². The molecule has 0 saturated carbocycles. The second kappa shape index (κ2) is 4.96.